The fraction of sp³-hybridized carbons (Fsp3) is 0.0714. The number of sulfone groups is 1. The summed E-state index contributed by atoms with van der Waals surface area (Å²) in [5.74, 6) is -1.12. The highest BCUT2D eigenvalue weighted by Crippen LogP contribution is 2.26. The van der Waals surface area contributed by atoms with Crippen molar-refractivity contribution in [2.45, 2.75) is 10.6 Å². The Morgan fingerprint density at radius 3 is 2.57 bits per heavy atom. The van der Waals surface area contributed by atoms with Crippen molar-refractivity contribution >= 4 is 27.1 Å². The lowest BCUT2D eigenvalue weighted by Gasteiger charge is -2.08. The van der Waals surface area contributed by atoms with Gasteiger partial charge in [-0.25, -0.2) is 12.8 Å². The molecule has 0 amide bonds. The van der Waals surface area contributed by atoms with Gasteiger partial charge in [0.05, 0.1) is 28.0 Å². The first kappa shape index (κ1) is 15.3. The van der Waals surface area contributed by atoms with Crippen LogP contribution in [0.5, 0.6) is 0 Å². The average Bonchev–Trinajstić information content (AvgIpc) is 2.36. The summed E-state index contributed by atoms with van der Waals surface area (Å²) < 4.78 is 38.0. The molecule has 0 saturated heterocycles. The van der Waals surface area contributed by atoms with Crippen molar-refractivity contribution in [3.05, 3.63) is 58.4 Å². The Balaban J connectivity index is 2.42. The van der Waals surface area contributed by atoms with Crippen molar-refractivity contribution < 1.29 is 12.8 Å². The Morgan fingerprint density at radius 1 is 1.24 bits per heavy atom. The Kier molecular flexibility index (Phi) is 4.16. The lowest BCUT2D eigenvalue weighted by atomic mass is 10.1. The van der Waals surface area contributed by atoms with Crippen LogP contribution in [0.2, 0.25) is 5.02 Å². The Morgan fingerprint density at radius 2 is 1.95 bits per heavy atom. The largest absolute Gasteiger partial charge is 0.398 e. The van der Waals surface area contributed by atoms with Gasteiger partial charge in [-0.15, -0.1) is 0 Å². The minimum atomic E-state index is -3.76. The van der Waals surface area contributed by atoms with Crippen LogP contribution in [0, 0.1) is 17.1 Å². The van der Waals surface area contributed by atoms with Gasteiger partial charge in [0, 0.05) is 5.02 Å². The van der Waals surface area contributed by atoms with Crippen LogP contribution in [-0.2, 0) is 15.6 Å². The predicted octanol–water partition coefficient (Wildman–Crippen LogP) is 2.91. The first-order valence-corrected chi connectivity index (χ1v) is 7.82. The molecule has 2 aromatic rings. The number of anilines is 1. The number of halogens is 2. The monoisotopic (exact) mass is 324 g/mol. The molecule has 0 heterocycles. The van der Waals surface area contributed by atoms with Crippen molar-refractivity contribution in [1.29, 1.82) is 5.26 Å². The zero-order valence-electron chi connectivity index (χ0n) is 10.7. The molecule has 0 aliphatic carbocycles. The standard InChI is InChI=1S/C14H10ClFN2O2S/c15-11-1-2-14(13(18)6-11)21(19,20)8-10-3-9(7-17)4-12(16)5-10/h1-6H,8,18H2. The van der Waals surface area contributed by atoms with Crippen molar-refractivity contribution in [2.75, 3.05) is 5.73 Å². The van der Waals surface area contributed by atoms with E-state index < -0.39 is 21.4 Å². The van der Waals surface area contributed by atoms with E-state index in [0.29, 0.717) is 5.02 Å². The number of hydrogen-bond donors (Lipinski definition) is 1. The van der Waals surface area contributed by atoms with Gasteiger partial charge in [0.2, 0.25) is 0 Å². The molecule has 0 aliphatic rings. The predicted molar refractivity (Wildman–Crippen MR) is 77.9 cm³/mol. The minimum absolute atomic E-state index is 0.0272. The Hall–Kier alpha value is -2.10. The summed E-state index contributed by atoms with van der Waals surface area (Å²) in [6.07, 6.45) is 0. The zero-order chi connectivity index (χ0) is 15.6. The number of nitriles is 1. The van der Waals surface area contributed by atoms with Gasteiger partial charge in [0.15, 0.2) is 9.84 Å². The van der Waals surface area contributed by atoms with Gasteiger partial charge >= 0.3 is 0 Å². The normalized spacial score (nSPS) is 11.1. The molecule has 0 spiro atoms. The van der Waals surface area contributed by atoms with E-state index in [1.807, 2.05) is 0 Å². The van der Waals surface area contributed by atoms with Crippen LogP contribution in [0.3, 0.4) is 0 Å². The molecule has 21 heavy (non-hydrogen) atoms. The maximum Gasteiger partial charge on any atom is 0.184 e. The third kappa shape index (κ3) is 3.51. The smallest absolute Gasteiger partial charge is 0.184 e. The molecule has 2 N–H and O–H groups in total. The van der Waals surface area contributed by atoms with E-state index in [4.69, 9.17) is 22.6 Å². The van der Waals surface area contributed by atoms with E-state index in [9.17, 15) is 12.8 Å². The summed E-state index contributed by atoms with van der Waals surface area (Å²) in [4.78, 5) is -0.0744. The fourth-order valence-electron chi connectivity index (χ4n) is 1.90. The molecule has 0 saturated carbocycles. The molecule has 0 aliphatic heterocycles. The van der Waals surface area contributed by atoms with Gasteiger partial charge in [-0.1, -0.05) is 11.6 Å². The second kappa shape index (κ2) is 5.72. The second-order valence-electron chi connectivity index (χ2n) is 4.40. The lowest BCUT2D eigenvalue weighted by molar-refractivity contribution is 0.595. The van der Waals surface area contributed by atoms with Gasteiger partial charge < -0.3 is 5.73 Å². The SMILES string of the molecule is N#Cc1cc(F)cc(CS(=O)(=O)c2ccc(Cl)cc2N)c1. The molecule has 108 valence electrons. The number of nitrogen functional groups attached to an aromatic ring is 1. The van der Waals surface area contributed by atoms with Crippen molar-refractivity contribution in [3.63, 3.8) is 0 Å². The summed E-state index contributed by atoms with van der Waals surface area (Å²) in [6, 6.07) is 9.26. The number of nitrogens with zero attached hydrogens (tertiary/aromatic N) is 1. The first-order valence-electron chi connectivity index (χ1n) is 5.79. The molecule has 0 bridgehead atoms. The molecule has 0 fully saturated rings. The molecular weight excluding hydrogens is 315 g/mol. The highest BCUT2D eigenvalue weighted by Gasteiger charge is 2.19. The number of nitrogens with two attached hydrogens (primary N) is 1. The molecule has 2 aromatic carbocycles. The third-order valence-electron chi connectivity index (χ3n) is 2.75. The van der Waals surface area contributed by atoms with Gasteiger partial charge in [-0.05, 0) is 42.0 Å². The highest BCUT2D eigenvalue weighted by atomic mass is 35.5. The van der Waals surface area contributed by atoms with E-state index in [-0.39, 0.29) is 21.7 Å². The van der Waals surface area contributed by atoms with Crippen molar-refractivity contribution in [1.82, 2.24) is 0 Å². The molecule has 0 aromatic heterocycles. The minimum Gasteiger partial charge on any atom is -0.398 e. The number of rotatable bonds is 3. The molecule has 4 nitrogen and oxygen atoms in total. The van der Waals surface area contributed by atoms with Crippen LogP contribution < -0.4 is 5.73 Å². The van der Waals surface area contributed by atoms with E-state index in [1.54, 1.807) is 6.07 Å². The van der Waals surface area contributed by atoms with Crippen LogP contribution in [-0.4, -0.2) is 8.42 Å². The van der Waals surface area contributed by atoms with Crippen LogP contribution in [0.25, 0.3) is 0 Å². The highest BCUT2D eigenvalue weighted by molar-refractivity contribution is 7.90. The van der Waals surface area contributed by atoms with E-state index >= 15 is 0 Å². The van der Waals surface area contributed by atoms with Crippen LogP contribution in [0.4, 0.5) is 10.1 Å². The summed E-state index contributed by atoms with van der Waals surface area (Å²) in [6.45, 7) is 0. The molecule has 2 rings (SSSR count). The molecule has 0 unspecified atom stereocenters. The summed E-state index contributed by atoms with van der Waals surface area (Å²) in [7, 11) is -3.76. The third-order valence-corrected chi connectivity index (χ3v) is 4.74. The van der Waals surface area contributed by atoms with Gasteiger partial charge in [0.1, 0.15) is 5.82 Å². The topological polar surface area (TPSA) is 84.0 Å². The summed E-state index contributed by atoms with van der Waals surface area (Å²) in [5.41, 5.74) is 5.93. The molecular formula is C14H10ClFN2O2S. The maximum absolute atomic E-state index is 13.3. The quantitative estimate of drug-likeness (QED) is 0.880. The summed E-state index contributed by atoms with van der Waals surface area (Å²) >= 11 is 5.73. The average molecular weight is 325 g/mol. The maximum atomic E-state index is 13.3. The van der Waals surface area contributed by atoms with Crippen molar-refractivity contribution in [3.8, 4) is 6.07 Å². The first-order chi connectivity index (χ1) is 9.81. The number of hydrogen-bond acceptors (Lipinski definition) is 4. The van der Waals surface area contributed by atoms with Gasteiger partial charge in [0.25, 0.3) is 0 Å². The van der Waals surface area contributed by atoms with E-state index in [0.717, 1.165) is 12.1 Å². The molecule has 0 atom stereocenters. The summed E-state index contributed by atoms with van der Waals surface area (Å²) in [5, 5.41) is 9.10. The Labute approximate surface area is 126 Å². The second-order valence-corrected chi connectivity index (χ2v) is 6.80. The van der Waals surface area contributed by atoms with E-state index in [2.05, 4.69) is 0 Å². The lowest BCUT2D eigenvalue weighted by Crippen LogP contribution is -2.08. The fourth-order valence-corrected chi connectivity index (χ4v) is 3.53. The van der Waals surface area contributed by atoms with Crippen LogP contribution in [0.1, 0.15) is 11.1 Å². The van der Waals surface area contributed by atoms with Crippen LogP contribution >= 0.6 is 11.6 Å². The van der Waals surface area contributed by atoms with Crippen molar-refractivity contribution in [2.24, 2.45) is 0 Å². The molecule has 7 heteroatoms. The molecule has 0 radical (unpaired) electrons. The van der Waals surface area contributed by atoms with Crippen LogP contribution in [0.15, 0.2) is 41.3 Å². The Bertz CT molecular complexity index is 845. The zero-order valence-corrected chi connectivity index (χ0v) is 12.2. The van der Waals surface area contributed by atoms with Gasteiger partial charge in [-0.3, -0.25) is 0 Å². The number of benzene rings is 2. The van der Waals surface area contributed by atoms with Gasteiger partial charge in [-0.2, -0.15) is 5.26 Å². The van der Waals surface area contributed by atoms with E-state index in [1.165, 1.54) is 24.3 Å².